The van der Waals surface area contributed by atoms with E-state index in [2.05, 4.69) is 16.3 Å². The van der Waals surface area contributed by atoms with Crippen molar-refractivity contribution in [1.29, 1.82) is 5.26 Å². The second kappa shape index (κ2) is 9.69. The number of morpholine rings is 1. The molecule has 2 aromatic carbocycles. The summed E-state index contributed by atoms with van der Waals surface area (Å²) in [5, 5.41) is 12.0. The van der Waals surface area contributed by atoms with Crippen LogP contribution in [0.3, 0.4) is 0 Å². The van der Waals surface area contributed by atoms with Gasteiger partial charge in [-0.1, -0.05) is 6.07 Å². The molecule has 0 spiro atoms. The van der Waals surface area contributed by atoms with Crippen LogP contribution in [0.5, 0.6) is 0 Å². The van der Waals surface area contributed by atoms with Crippen molar-refractivity contribution < 1.29 is 17.9 Å². The topological polar surface area (TPSA) is 103 Å². The largest absolute Gasteiger partial charge is 0.379 e. The Balaban J connectivity index is 1.70. The van der Waals surface area contributed by atoms with Crippen LogP contribution in [0.2, 0.25) is 0 Å². The normalized spacial score (nSPS) is 17.5. The minimum absolute atomic E-state index is 0.0936. The zero-order valence-electron chi connectivity index (χ0n) is 17.8. The predicted octanol–water partition coefficient (Wildman–Crippen LogP) is 2.82. The Kier molecular flexibility index (Phi) is 6.74. The second-order valence-corrected chi connectivity index (χ2v) is 9.83. The van der Waals surface area contributed by atoms with Crippen LogP contribution in [0.4, 0.5) is 11.4 Å². The number of amides is 1. The Labute approximate surface area is 188 Å². The van der Waals surface area contributed by atoms with Gasteiger partial charge in [0.1, 0.15) is 0 Å². The first kappa shape index (κ1) is 22.3. The van der Waals surface area contributed by atoms with Crippen molar-refractivity contribution in [3.63, 3.8) is 0 Å². The molecule has 1 N–H and O–H groups in total. The number of sulfonamides is 1. The van der Waals surface area contributed by atoms with E-state index in [-0.39, 0.29) is 4.90 Å². The number of nitrogens with zero attached hydrogens (tertiary/aromatic N) is 3. The fourth-order valence-electron chi connectivity index (χ4n) is 4.07. The molecule has 0 bridgehead atoms. The van der Waals surface area contributed by atoms with Crippen molar-refractivity contribution in [3.05, 3.63) is 53.6 Å². The molecule has 168 valence electrons. The fourth-order valence-corrected chi connectivity index (χ4v) is 5.50. The number of benzene rings is 2. The summed E-state index contributed by atoms with van der Waals surface area (Å²) in [5.41, 5.74) is 1.95. The maximum Gasteiger partial charge on any atom is 0.257 e. The van der Waals surface area contributed by atoms with Crippen LogP contribution in [-0.2, 0) is 14.8 Å². The quantitative estimate of drug-likeness (QED) is 0.745. The van der Waals surface area contributed by atoms with Crippen molar-refractivity contribution in [2.75, 3.05) is 49.6 Å². The number of nitrogens with one attached hydrogen (secondary N) is 1. The molecule has 0 saturated carbocycles. The van der Waals surface area contributed by atoms with E-state index in [1.54, 1.807) is 36.4 Å². The number of carbonyl (C=O) groups excluding carboxylic acids is 1. The monoisotopic (exact) mass is 454 g/mol. The lowest BCUT2D eigenvalue weighted by Gasteiger charge is -2.31. The third-order valence-corrected chi connectivity index (χ3v) is 7.66. The average molecular weight is 455 g/mol. The van der Waals surface area contributed by atoms with Crippen LogP contribution in [0.1, 0.15) is 35.2 Å². The van der Waals surface area contributed by atoms with Crippen molar-refractivity contribution in [2.24, 2.45) is 0 Å². The van der Waals surface area contributed by atoms with Crippen LogP contribution in [0.15, 0.2) is 47.4 Å². The first-order valence-electron chi connectivity index (χ1n) is 10.8. The van der Waals surface area contributed by atoms with Crippen LogP contribution < -0.4 is 10.2 Å². The fraction of sp³-hybridized carbons (Fsp3) is 0.391. The van der Waals surface area contributed by atoms with Gasteiger partial charge < -0.3 is 15.0 Å². The van der Waals surface area contributed by atoms with Gasteiger partial charge in [0.2, 0.25) is 10.0 Å². The van der Waals surface area contributed by atoms with Gasteiger partial charge >= 0.3 is 0 Å². The third-order valence-electron chi connectivity index (χ3n) is 5.77. The lowest BCUT2D eigenvalue weighted by molar-refractivity contribution is 0.0730. The maximum absolute atomic E-state index is 13.3. The van der Waals surface area contributed by atoms with Crippen molar-refractivity contribution in [2.45, 2.75) is 24.2 Å². The molecule has 9 heteroatoms. The van der Waals surface area contributed by atoms with Crippen LogP contribution in [0.25, 0.3) is 0 Å². The molecule has 0 aliphatic carbocycles. The minimum atomic E-state index is -3.74. The predicted molar refractivity (Wildman–Crippen MR) is 121 cm³/mol. The molecule has 2 heterocycles. The molecule has 1 amide bonds. The van der Waals surface area contributed by atoms with E-state index in [4.69, 9.17) is 10.00 Å². The molecule has 8 nitrogen and oxygen atoms in total. The average Bonchev–Trinajstić information content (AvgIpc) is 2.85. The molecule has 2 aliphatic heterocycles. The highest BCUT2D eigenvalue weighted by Crippen LogP contribution is 2.29. The number of piperidine rings is 1. The summed E-state index contributed by atoms with van der Waals surface area (Å²) in [6, 6.07) is 13.5. The van der Waals surface area contributed by atoms with Gasteiger partial charge in [-0.2, -0.15) is 9.57 Å². The molecule has 0 unspecified atom stereocenters. The summed E-state index contributed by atoms with van der Waals surface area (Å²) in [5.74, 6) is -0.403. The van der Waals surface area contributed by atoms with Gasteiger partial charge in [0, 0.05) is 37.6 Å². The Morgan fingerprint density at radius 1 is 1.00 bits per heavy atom. The first-order chi connectivity index (χ1) is 15.5. The SMILES string of the molecule is N#Cc1cccc(NC(=O)c2cc(S(=O)(=O)N3CCOCC3)ccc2N2CCCCC2)c1. The number of carbonyl (C=O) groups is 1. The molecule has 2 aromatic rings. The highest BCUT2D eigenvalue weighted by molar-refractivity contribution is 7.89. The second-order valence-electron chi connectivity index (χ2n) is 7.89. The van der Waals surface area contributed by atoms with Gasteiger partial charge in [0.25, 0.3) is 5.91 Å². The van der Waals surface area contributed by atoms with E-state index < -0.39 is 15.9 Å². The Morgan fingerprint density at radius 3 is 2.47 bits per heavy atom. The molecular weight excluding hydrogens is 428 g/mol. The Hall–Kier alpha value is -2.93. The summed E-state index contributed by atoms with van der Waals surface area (Å²) in [4.78, 5) is 15.5. The highest BCUT2D eigenvalue weighted by atomic mass is 32.2. The Morgan fingerprint density at radius 2 is 1.75 bits per heavy atom. The van der Waals surface area contributed by atoms with Crippen molar-refractivity contribution >= 4 is 27.3 Å². The minimum Gasteiger partial charge on any atom is -0.379 e. The molecular formula is C23H26N4O4S. The summed E-state index contributed by atoms with van der Waals surface area (Å²) < 4.78 is 33.0. The molecule has 4 rings (SSSR count). The first-order valence-corrected chi connectivity index (χ1v) is 12.2. The van der Waals surface area contributed by atoms with Crippen LogP contribution in [-0.4, -0.2) is 58.0 Å². The van der Waals surface area contributed by atoms with Crippen LogP contribution >= 0.6 is 0 Å². The number of anilines is 2. The smallest absolute Gasteiger partial charge is 0.257 e. The standard InChI is InChI=1S/C23H26N4O4S/c24-17-18-5-4-6-19(15-18)25-23(28)21-16-20(32(29,30)27-11-13-31-14-12-27)7-8-22(21)26-9-2-1-3-10-26/h4-8,15-16H,1-3,9-14H2,(H,25,28). The third kappa shape index (κ3) is 4.78. The van der Waals surface area contributed by atoms with Gasteiger partial charge in [-0.25, -0.2) is 8.42 Å². The van der Waals surface area contributed by atoms with Crippen molar-refractivity contribution in [1.82, 2.24) is 4.31 Å². The summed E-state index contributed by atoms with van der Waals surface area (Å²) in [6.07, 6.45) is 3.20. The lowest BCUT2D eigenvalue weighted by atomic mass is 10.1. The van der Waals surface area contributed by atoms with Crippen molar-refractivity contribution in [3.8, 4) is 6.07 Å². The zero-order chi connectivity index (χ0) is 22.6. The molecule has 32 heavy (non-hydrogen) atoms. The van der Waals surface area contributed by atoms with E-state index in [0.717, 1.165) is 38.0 Å². The molecule has 0 aromatic heterocycles. The van der Waals surface area contributed by atoms with E-state index in [1.807, 2.05) is 0 Å². The van der Waals surface area contributed by atoms with E-state index in [1.165, 1.54) is 10.4 Å². The van der Waals surface area contributed by atoms with E-state index in [0.29, 0.717) is 43.1 Å². The van der Waals surface area contributed by atoms with Gasteiger partial charge in [-0.3, -0.25) is 4.79 Å². The number of hydrogen-bond acceptors (Lipinski definition) is 6. The Bertz CT molecular complexity index is 1130. The van der Waals surface area contributed by atoms with Gasteiger partial charge in [0.05, 0.1) is 35.3 Å². The molecule has 2 saturated heterocycles. The van der Waals surface area contributed by atoms with Crippen LogP contribution in [0, 0.1) is 11.3 Å². The summed E-state index contributed by atoms with van der Waals surface area (Å²) in [6.45, 7) is 2.93. The zero-order valence-corrected chi connectivity index (χ0v) is 18.6. The number of hydrogen-bond donors (Lipinski definition) is 1. The van der Waals surface area contributed by atoms with Gasteiger partial charge in [-0.05, 0) is 55.7 Å². The maximum atomic E-state index is 13.3. The summed E-state index contributed by atoms with van der Waals surface area (Å²) in [7, 11) is -3.74. The molecule has 2 fully saturated rings. The molecule has 0 atom stereocenters. The summed E-state index contributed by atoms with van der Waals surface area (Å²) >= 11 is 0. The highest BCUT2D eigenvalue weighted by Gasteiger charge is 2.29. The lowest BCUT2D eigenvalue weighted by Crippen LogP contribution is -2.40. The number of ether oxygens (including phenoxy) is 1. The van der Waals surface area contributed by atoms with E-state index >= 15 is 0 Å². The molecule has 0 radical (unpaired) electrons. The number of rotatable bonds is 5. The number of nitriles is 1. The van der Waals surface area contributed by atoms with Gasteiger partial charge in [-0.15, -0.1) is 0 Å². The van der Waals surface area contributed by atoms with Gasteiger partial charge in [0.15, 0.2) is 0 Å². The molecule has 2 aliphatic rings. The van der Waals surface area contributed by atoms with E-state index in [9.17, 15) is 13.2 Å².